The third-order valence-electron chi connectivity index (χ3n) is 5.78. The van der Waals surface area contributed by atoms with Crippen molar-refractivity contribution < 1.29 is 4.79 Å². The van der Waals surface area contributed by atoms with Gasteiger partial charge in [0.05, 0.1) is 0 Å². The van der Waals surface area contributed by atoms with E-state index in [1.165, 1.54) is 0 Å². The quantitative estimate of drug-likeness (QED) is 0.309. The molecule has 182 valence electrons. The Hall–Kier alpha value is -4.44. The first-order valence-corrected chi connectivity index (χ1v) is 11.9. The number of aromatic nitrogens is 5. The average Bonchev–Trinajstić information content (AvgIpc) is 2.90. The molecule has 0 aliphatic carbocycles. The molecule has 3 aromatic heterocycles. The Balaban J connectivity index is 1.26. The zero-order valence-corrected chi connectivity index (χ0v) is 19.9. The van der Waals surface area contributed by atoms with Crippen molar-refractivity contribution >= 4 is 34.9 Å². The third kappa shape index (κ3) is 5.97. The predicted molar refractivity (Wildman–Crippen MR) is 139 cm³/mol. The molecule has 0 saturated carbocycles. The smallest absolute Gasteiger partial charge is 0.229 e. The highest BCUT2D eigenvalue weighted by molar-refractivity contribution is 5.93. The second-order valence-corrected chi connectivity index (χ2v) is 8.54. The van der Waals surface area contributed by atoms with E-state index in [1.807, 2.05) is 49.4 Å². The number of hydrogen-bond donors (Lipinski definition) is 4. The number of carbonyl (C=O) groups is 1. The van der Waals surface area contributed by atoms with Gasteiger partial charge in [0, 0.05) is 35.4 Å². The number of anilines is 5. The summed E-state index contributed by atoms with van der Waals surface area (Å²) in [6.45, 7) is 3.68. The van der Waals surface area contributed by atoms with Crippen molar-refractivity contribution in [1.29, 1.82) is 0 Å². The van der Waals surface area contributed by atoms with Crippen molar-refractivity contribution in [2.75, 3.05) is 29.0 Å². The lowest BCUT2D eigenvalue weighted by Crippen LogP contribution is -2.34. The Bertz CT molecular complexity index is 1350. The summed E-state index contributed by atoms with van der Waals surface area (Å²) >= 11 is 0. The van der Waals surface area contributed by atoms with Crippen LogP contribution in [0.2, 0.25) is 0 Å². The van der Waals surface area contributed by atoms with Crippen molar-refractivity contribution in [3.8, 4) is 11.5 Å². The fourth-order valence-corrected chi connectivity index (χ4v) is 3.97. The lowest BCUT2D eigenvalue weighted by Gasteiger charge is -2.21. The molecule has 1 saturated heterocycles. The maximum atomic E-state index is 12.6. The topological polar surface area (TPSA) is 130 Å². The average molecular weight is 482 g/mol. The van der Waals surface area contributed by atoms with Gasteiger partial charge in [0.15, 0.2) is 5.82 Å². The molecule has 0 radical (unpaired) electrons. The SMILES string of the molecule is Cc1cccc(-c2nccc(Nc3ccnc(Nc4cccc(NC(=O)C5CCNCC5)c4)n3)n2)n1. The highest BCUT2D eigenvalue weighted by Gasteiger charge is 2.20. The standard InChI is InChI=1S/C26H27N9O/c1-17-4-2-7-21(30-17)24-28-14-10-22(34-24)33-23-11-15-29-26(35-23)32-20-6-3-5-19(16-20)31-25(36)18-8-12-27-13-9-18/h2-7,10-11,14-16,18,27H,8-9,12-13H2,1H3,(H,31,36)(H2,28,29,32,33,34,35). The van der Waals surface area contributed by atoms with Crippen LogP contribution in [0.3, 0.4) is 0 Å². The number of aryl methyl sites for hydroxylation is 1. The fourth-order valence-electron chi connectivity index (χ4n) is 3.97. The maximum Gasteiger partial charge on any atom is 0.229 e. The number of hydrogen-bond acceptors (Lipinski definition) is 9. The van der Waals surface area contributed by atoms with Gasteiger partial charge in [-0.05, 0) is 75.3 Å². The first kappa shape index (κ1) is 23.3. The van der Waals surface area contributed by atoms with Crippen LogP contribution in [0.15, 0.2) is 67.0 Å². The fraction of sp³-hybridized carbons (Fsp3) is 0.231. The van der Waals surface area contributed by atoms with Gasteiger partial charge in [0.1, 0.15) is 17.3 Å². The summed E-state index contributed by atoms with van der Waals surface area (Å²) in [5, 5.41) is 12.7. The van der Waals surface area contributed by atoms with E-state index in [9.17, 15) is 4.79 Å². The van der Waals surface area contributed by atoms with Crippen LogP contribution in [0.1, 0.15) is 18.5 Å². The molecule has 0 unspecified atom stereocenters. The Morgan fingerprint density at radius 1 is 0.861 bits per heavy atom. The van der Waals surface area contributed by atoms with Crippen molar-refractivity contribution in [3.63, 3.8) is 0 Å². The van der Waals surface area contributed by atoms with Gasteiger partial charge >= 0.3 is 0 Å². The molecular formula is C26H27N9O. The van der Waals surface area contributed by atoms with E-state index < -0.39 is 0 Å². The van der Waals surface area contributed by atoms with E-state index in [0.717, 1.165) is 43.0 Å². The molecule has 1 aliphatic heterocycles. The molecule has 1 amide bonds. The van der Waals surface area contributed by atoms with Crippen LogP contribution in [0.4, 0.5) is 29.0 Å². The summed E-state index contributed by atoms with van der Waals surface area (Å²) in [4.78, 5) is 34.8. The number of benzene rings is 1. The summed E-state index contributed by atoms with van der Waals surface area (Å²) in [7, 11) is 0. The van der Waals surface area contributed by atoms with Crippen molar-refractivity contribution in [2.45, 2.75) is 19.8 Å². The highest BCUT2D eigenvalue weighted by atomic mass is 16.1. The number of nitrogens with one attached hydrogen (secondary N) is 4. The molecule has 4 heterocycles. The third-order valence-corrected chi connectivity index (χ3v) is 5.78. The minimum Gasteiger partial charge on any atom is -0.326 e. The van der Waals surface area contributed by atoms with Gasteiger partial charge < -0.3 is 21.3 Å². The molecule has 4 aromatic rings. The molecule has 0 spiro atoms. The second kappa shape index (κ2) is 10.9. The van der Waals surface area contributed by atoms with Crippen molar-refractivity contribution in [1.82, 2.24) is 30.2 Å². The molecule has 1 aromatic carbocycles. The number of pyridine rings is 1. The molecule has 4 N–H and O–H groups in total. The lowest BCUT2D eigenvalue weighted by molar-refractivity contribution is -0.120. The van der Waals surface area contributed by atoms with Gasteiger partial charge in [0.2, 0.25) is 11.9 Å². The van der Waals surface area contributed by atoms with E-state index in [1.54, 1.807) is 24.5 Å². The van der Waals surface area contributed by atoms with Gasteiger partial charge in [-0.2, -0.15) is 4.98 Å². The first-order valence-electron chi connectivity index (χ1n) is 11.9. The molecule has 0 bridgehead atoms. The molecule has 1 fully saturated rings. The van der Waals surface area contributed by atoms with E-state index in [4.69, 9.17) is 0 Å². The normalized spacial score (nSPS) is 13.7. The number of carbonyl (C=O) groups excluding carboxylic acids is 1. The molecule has 1 aliphatic rings. The van der Waals surface area contributed by atoms with E-state index >= 15 is 0 Å². The molecule has 5 rings (SSSR count). The number of rotatable bonds is 7. The Morgan fingerprint density at radius 2 is 1.61 bits per heavy atom. The highest BCUT2D eigenvalue weighted by Crippen LogP contribution is 2.22. The van der Waals surface area contributed by atoms with Crippen LogP contribution in [-0.4, -0.2) is 43.9 Å². The van der Waals surface area contributed by atoms with Crippen LogP contribution in [0, 0.1) is 12.8 Å². The summed E-state index contributed by atoms with van der Waals surface area (Å²) in [6.07, 6.45) is 5.04. The summed E-state index contributed by atoms with van der Waals surface area (Å²) < 4.78 is 0. The van der Waals surface area contributed by atoms with Crippen molar-refractivity contribution in [3.05, 3.63) is 72.7 Å². The largest absolute Gasteiger partial charge is 0.326 e. The monoisotopic (exact) mass is 481 g/mol. The molecule has 36 heavy (non-hydrogen) atoms. The Morgan fingerprint density at radius 3 is 2.44 bits per heavy atom. The van der Waals surface area contributed by atoms with E-state index in [-0.39, 0.29) is 11.8 Å². The molecule has 10 heteroatoms. The number of nitrogens with zero attached hydrogens (tertiary/aromatic N) is 5. The van der Waals surface area contributed by atoms with Crippen LogP contribution >= 0.6 is 0 Å². The minimum atomic E-state index is 0.0398. The van der Waals surface area contributed by atoms with Crippen LogP contribution in [0.25, 0.3) is 11.5 Å². The van der Waals surface area contributed by atoms with Gasteiger partial charge in [-0.15, -0.1) is 0 Å². The molecular weight excluding hydrogens is 454 g/mol. The van der Waals surface area contributed by atoms with Gasteiger partial charge in [0.25, 0.3) is 0 Å². The minimum absolute atomic E-state index is 0.0398. The maximum absolute atomic E-state index is 12.6. The zero-order chi connectivity index (χ0) is 24.7. The molecule has 0 atom stereocenters. The Labute approximate surface area is 209 Å². The van der Waals surface area contributed by atoms with Crippen LogP contribution in [0.5, 0.6) is 0 Å². The second-order valence-electron chi connectivity index (χ2n) is 8.54. The molecule has 10 nitrogen and oxygen atoms in total. The Kier molecular flexibility index (Phi) is 7.04. The summed E-state index contributed by atoms with van der Waals surface area (Å²) in [5.74, 6) is 2.20. The lowest BCUT2D eigenvalue weighted by atomic mass is 9.97. The van der Waals surface area contributed by atoms with Crippen LogP contribution in [-0.2, 0) is 4.79 Å². The summed E-state index contributed by atoms with van der Waals surface area (Å²) in [6, 6.07) is 16.8. The van der Waals surface area contributed by atoms with Crippen LogP contribution < -0.4 is 21.3 Å². The van der Waals surface area contributed by atoms with Crippen molar-refractivity contribution in [2.24, 2.45) is 5.92 Å². The van der Waals surface area contributed by atoms with Gasteiger partial charge in [-0.25, -0.2) is 19.9 Å². The predicted octanol–water partition coefficient (Wildman–Crippen LogP) is 4.06. The van der Waals surface area contributed by atoms with E-state index in [2.05, 4.69) is 46.2 Å². The number of amides is 1. The number of piperidine rings is 1. The van der Waals surface area contributed by atoms with Gasteiger partial charge in [-0.3, -0.25) is 4.79 Å². The van der Waals surface area contributed by atoms with Gasteiger partial charge in [-0.1, -0.05) is 12.1 Å². The summed E-state index contributed by atoms with van der Waals surface area (Å²) in [5.41, 5.74) is 3.10. The first-order chi connectivity index (χ1) is 17.6. The van der Waals surface area contributed by atoms with E-state index in [0.29, 0.717) is 29.1 Å². The zero-order valence-electron chi connectivity index (χ0n) is 19.9.